The van der Waals surface area contributed by atoms with Crippen molar-refractivity contribution >= 4 is 27.8 Å². The molecular formula is C28H32N4O4. The summed E-state index contributed by atoms with van der Waals surface area (Å²) in [5.74, 6) is 1.34. The van der Waals surface area contributed by atoms with E-state index in [1.165, 1.54) is 6.07 Å². The molecule has 0 unspecified atom stereocenters. The molecule has 1 amide bonds. The fraction of sp³-hybridized carbons (Fsp3) is 0.357. The Hall–Kier alpha value is -3.62. The van der Waals surface area contributed by atoms with E-state index in [0.717, 1.165) is 61.1 Å². The molecule has 8 heteroatoms. The fourth-order valence-corrected chi connectivity index (χ4v) is 5.01. The van der Waals surface area contributed by atoms with Crippen molar-refractivity contribution in [3.05, 3.63) is 76.3 Å². The summed E-state index contributed by atoms with van der Waals surface area (Å²) < 4.78 is 13.1. The lowest BCUT2D eigenvalue weighted by Gasteiger charge is -2.32. The lowest BCUT2D eigenvalue weighted by Crippen LogP contribution is -2.43. The molecule has 2 aromatic heterocycles. The second-order valence-electron chi connectivity index (χ2n) is 9.26. The number of pyridine rings is 1. The molecule has 1 aliphatic rings. The average Bonchev–Trinajstić information content (AvgIpc) is 3.34. The third-order valence-corrected chi connectivity index (χ3v) is 7.06. The van der Waals surface area contributed by atoms with Gasteiger partial charge in [0, 0.05) is 49.1 Å². The smallest absolute Gasteiger partial charge is 0.251 e. The van der Waals surface area contributed by atoms with E-state index in [4.69, 9.17) is 9.15 Å². The maximum atomic E-state index is 13.0. The summed E-state index contributed by atoms with van der Waals surface area (Å²) in [6.07, 6.45) is 2.08. The highest BCUT2D eigenvalue weighted by atomic mass is 16.5. The van der Waals surface area contributed by atoms with Crippen LogP contribution in [-0.2, 0) is 13.1 Å². The number of methoxy groups -OCH3 is 1. The number of amides is 1. The zero-order chi connectivity index (χ0) is 25.1. The molecule has 0 radical (unpaired) electrons. The lowest BCUT2D eigenvalue weighted by molar-refractivity contribution is 0.0964. The van der Waals surface area contributed by atoms with E-state index in [1.807, 2.05) is 36.4 Å². The Morgan fingerprint density at radius 1 is 1.08 bits per heavy atom. The van der Waals surface area contributed by atoms with Gasteiger partial charge in [0.1, 0.15) is 17.1 Å². The number of hydrogen-bond acceptors (Lipinski definition) is 6. The number of piperidine rings is 1. The number of benzene rings is 2. The SMILES string of the molecule is CNC(=O)c1cc(=O)n(CCN2CCC(NCc3cc4ccccc4o3)CC2)c2cc(OC)ccc12. The first-order chi connectivity index (χ1) is 17.6. The molecule has 188 valence electrons. The quantitative estimate of drug-likeness (QED) is 0.395. The van der Waals surface area contributed by atoms with Crippen LogP contribution in [0.2, 0.25) is 0 Å². The number of ether oxygens (including phenoxy) is 1. The summed E-state index contributed by atoms with van der Waals surface area (Å²) in [5.41, 5.74) is 1.83. The number of furan rings is 1. The van der Waals surface area contributed by atoms with Crippen molar-refractivity contribution in [2.45, 2.75) is 32.0 Å². The minimum absolute atomic E-state index is 0.184. The van der Waals surface area contributed by atoms with Crippen LogP contribution in [0.1, 0.15) is 29.0 Å². The zero-order valence-corrected chi connectivity index (χ0v) is 20.8. The van der Waals surface area contributed by atoms with Gasteiger partial charge in [-0.15, -0.1) is 0 Å². The molecule has 1 fully saturated rings. The largest absolute Gasteiger partial charge is 0.497 e. The predicted molar refractivity (Wildman–Crippen MR) is 141 cm³/mol. The first kappa shape index (κ1) is 24.1. The number of fused-ring (bicyclic) bond motifs is 2. The Kier molecular flexibility index (Phi) is 7.06. The molecule has 0 bridgehead atoms. The van der Waals surface area contributed by atoms with Crippen molar-refractivity contribution in [3.8, 4) is 5.75 Å². The van der Waals surface area contributed by atoms with Crippen molar-refractivity contribution in [1.29, 1.82) is 0 Å². The Morgan fingerprint density at radius 2 is 1.89 bits per heavy atom. The first-order valence-electron chi connectivity index (χ1n) is 12.4. The van der Waals surface area contributed by atoms with Crippen molar-refractivity contribution in [2.75, 3.05) is 33.8 Å². The molecular weight excluding hydrogens is 456 g/mol. The molecule has 2 aromatic carbocycles. The van der Waals surface area contributed by atoms with E-state index in [2.05, 4.69) is 27.7 Å². The van der Waals surface area contributed by atoms with Crippen LogP contribution < -0.4 is 20.9 Å². The highest BCUT2D eigenvalue weighted by Gasteiger charge is 2.20. The number of rotatable bonds is 8. The molecule has 4 aromatic rings. The molecule has 1 saturated heterocycles. The van der Waals surface area contributed by atoms with E-state index in [-0.39, 0.29) is 11.5 Å². The zero-order valence-electron chi connectivity index (χ0n) is 20.8. The third-order valence-electron chi connectivity index (χ3n) is 7.06. The Balaban J connectivity index is 1.21. The topological polar surface area (TPSA) is 88.7 Å². The van der Waals surface area contributed by atoms with E-state index in [1.54, 1.807) is 18.7 Å². The van der Waals surface area contributed by atoms with Gasteiger partial charge in [-0.2, -0.15) is 0 Å². The summed E-state index contributed by atoms with van der Waals surface area (Å²) in [4.78, 5) is 27.7. The summed E-state index contributed by atoms with van der Waals surface area (Å²) in [7, 11) is 3.16. The highest BCUT2D eigenvalue weighted by Crippen LogP contribution is 2.23. The van der Waals surface area contributed by atoms with Crippen molar-refractivity contribution in [2.24, 2.45) is 0 Å². The maximum absolute atomic E-state index is 13.0. The standard InChI is InChI=1S/C28H32N4O4/c1-29-28(34)24-17-27(33)32(25-16-21(35-2)7-8-23(24)25)14-13-31-11-9-20(10-12-31)30-18-22-15-19-5-3-4-6-26(19)36-22/h3-8,15-17,20,30H,9-14,18H2,1-2H3,(H,29,34). The van der Waals surface area contributed by atoms with Gasteiger partial charge in [-0.3, -0.25) is 9.59 Å². The van der Waals surface area contributed by atoms with Crippen LogP contribution in [0.3, 0.4) is 0 Å². The van der Waals surface area contributed by atoms with E-state index in [0.29, 0.717) is 29.4 Å². The second-order valence-corrected chi connectivity index (χ2v) is 9.26. The van der Waals surface area contributed by atoms with Gasteiger partial charge < -0.3 is 29.3 Å². The molecule has 0 spiro atoms. The molecule has 2 N–H and O–H groups in total. The van der Waals surface area contributed by atoms with Crippen LogP contribution in [-0.4, -0.2) is 55.2 Å². The first-order valence-corrected chi connectivity index (χ1v) is 12.4. The number of hydrogen-bond donors (Lipinski definition) is 2. The van der Waals surface area contributed by atoms with Crippen LogP contribution in [0.4, 0.5) is 0 Å². The van der Waals surface area contributed by atoms with E-state index >= 15 is 0 Å². The second kappa shape index (κ2) is 10.6. The fourth-order valence-electron chi connectivity index (χ4n) is 5.01. The van der Waals surface area contributed by atoms with E-state index in [9.17, 15) is 9.59 Å². The number of aromatic nitrogens is 1. The number of likely N-dealkylation sites (tertiary alicyclic amines) is 1. The van der Waals surface area contributed by atoms with Gasteiger partial charge in [-0.25, -0.2) is 0 Å². The van der Waals surface area contributed by atoms with Crippen LogP contribution in [0, 0.1) is 0 Å². The number of nitrogens with one attached hydrogen (secondary N) is 2. The monoisotopic (exact) mass is 488 g/mol. The van der Waals surface area contributed by atoms with Gasteiger partial charge in [-0.05, 0) is 50.2 Å². The molecule has 1 aliphatic heterocycles. The van der Waals surface area contributed by atoms with Crippen LogP contribution in [0.15, 0.2) is 63.8 Å². The molecule has 0 saturated carbocycles. The molecule has 8 nitrogen and oxygen atoms in total. The summed E-state index contributed by atoms with van der Waals surface area (Å²) in [6.45, 7) is 3.96. The third kappa shape index (κ3) is 5.01. The highest BCUT2D eigenvalue weighted by molar-refractivity contribution is 6.06. The Bertz CT molecular complexity index is 1400. The normalized spacial score (nSPS) is 14.9. The number of carbonyl (C=O) groups is 1. The molecule has 3 heterocycles. The lowest BCUT2D eigenvalue weighted by atomic mass is 10.0. The van der Waals surface area contributed by atoms with E-state index < -0.39 is 0 Å². The van der Waals surface area contributed by atoms with Gasteiger partial charge in [0.25, 0.3) is 11.5 Å². The minimum Gasteiger partial charge on any atom is -0.497 e. The van der Waals surface area contributed by atoms with Gasteiger partial charge in [0.2, 0.25) is 0 Å². The van der Waals surface area contributed by atoms with Crippen LogP contribution >= 0.6 is 0 Å². The average molecular weight is 489 g/mol. The molecule has 0 atom stereocenters. The number of nitrogens with zero attached hydrogens (tertiary/aromatic N) is 2. The van der Waals surface area contributed by atoms with Crippen molar-refractivity contribution < 1.29 is 13.9 Å². The minimum atomic E-state index is -0.272. The molecule has 0 aliphatic carbocycles. The molecule has 5 rings (SSSR count). The van der Waals surface area contributed by atoms with Gasteiger partial charge in [0.05, 0.1) is 24.7 Å². The van der Waals surface area contributed by atoms with Gasteiger partial charge in [-0.1, -0.05) is 18.2 Å². The van der Waals surface area contributed by atoms with Gasteiger partial charge >= 0.3 is 0 Å². The summed E-state index contributed by atoms with van der Waals surface area (Å²) >= 11 is 0. The van der Waals surface area contributed by atoms with Gasteiger partial charge in [0.15, 0.2) is 0 Å². The maximum Gasteiger partial charge on any atom is 0.251 e. The summed E-state index contributed by atoms with van der Waals surface area (Å²) in [6, 6.07) is 17.5. The van der Waals surface area contributed by atoms with Crippen LogP contribution in [0.25, 0.3) is 21.9 Å². The molecule has 36 heavy (non-hydrogen) atoms. The Morgan fingerprint density at radius 3 is 2.64 bits per heavy atom. The summed E-state index contributed by atoms with van der Waals surface area (Å²) in [5, 5.41) is 8.13. The van der Waals surface area contributed by atoms with Crippen molar-refractivity contribution in [3.63, 3.8) is 0 Å². The number of para-hydroxylation sites is 1. The van der Waals surface area contributed by atoms with Crippen LogP contribution in [0.5, 0.6) is 5.75 Å². The van der Waals surface area contributed by atoms with Crippen molar-refractivity contribution in [1.82, 2.24) is 20.1 Å². The number of carbonyl (C=O) groups excluding carboxylic acids is 1. The predicted octanol–water partition coefficient (Wildman–Crippen LogP) is 3.37. The Labute approximate surface area is 209 Å².